The third kappa shape index (κ3) is 2.44. The Bertz CT molecular complexity index is 453. The van der Waals surface area contributed by atoms with Gasteiger partial charge in [0.05, 0.1) is 30.6 Å². The molecule has 1 saturated heterocycles. The maximum absolute atomic E-state index is 13.3. The van der Waals surface area contributed by atoms with Crippen LogP contribution in [-0.2, 0) is 4.74 Å². The quantitative estimate of drug-likeness (QED) is 0.741. The molecule has 1 aromatic carbocycles. The second-order valence-electron chi connectivity index (χ2n) is 4.13. The number of amides is 1. The van der Waals surface area contributed by atoms with Gasteiger partial charge in [-0.3, -0.25) is 4.79 Å². The van der Waals surface area contributed by atoms with Crippen molar-refractivity contribution < 1.29 is 19.0 Å². The minimum Gasteiger partial charge on any atom is -0.396 e. The summed E-state index contributed by atoms with van der Waals surface area (Å²) in [7, 11) is 0. The van der Waals surface area contributed by atoms with Crippen LogP contribution < -0.4 is 5.73 Å². The Labute approximate surface area is 104 Å². The molecule has 0 bridgehead atoms. The van der Waals surface area contributed by atoms with Gasteiger partial charge in [0.25, 0.3) is 5.91 Å². The highest BCUT2D eigenvalue weighted by molar-refractivity contribution is 5.99. The van der Waals surface area contributed by atoms with Gasteiger partial charge in [-0.15, -0.1) is 0 Å². The Morgan fingerprint density at radius 2 is 2.39 bits per heavy atom. The van der Waals surface area contributed by atoms with Crippen LogP contribution in [0.25, 0.3) is 0 Å². The first-order chi connectivity index (χ1) is 8.63. The molecular weight excluding hydrogens is 239 g/mol. The number of nitrogens with two attached hydrogens (primary N) is 1. The van der Waals surface area contributed by atoms with Crippen LogP contribution in [0.3, 0.4) is 0 Å². The van der Waals surface area contributed by atoms with Crippen molar-refractivity contribution in [2.75, 3.05) is 32.0 Å². The summed E-state index contributed by atoms with van der Waals surface area (Å²) in [6, 6.07) is 4.15. The predicted molar refractivity (Wildman–Crippen MR) is 63.5 cm³/mol. The van der Waals surface area contributed by atoms with Crippen LogP contribution in [0.5, 0.6) is 0 Å². The number of nitrogens with zero attached hydrogens (tertiary/aromatic N) is 1. The fourth-order valence-electron chi connectivity index (χ4n) is 1.91. The lowest BCUT2D eigenvalue weighted by atomic mass is 10.1. The van der Waals surface area contributed by atoms with Crippen molar-refractivity contribution in [3.05, 3.63) is 29.6 Å². The summed E-state index contributed by atoms with van der Waals surface area (Å²) in [5.41, 5.74) is 5.56. The van der Waals surface area contributed by atoms with Crippen molar-refractivity contribution in [3.63, 3.8) is 0 Å². The Hall–Kier alpha value is -1.66. The first-order valence-electron chi connectivity index (χ1n) is 5.69. The standard InChI is InChI=1S/C12H15FN2O3/c13-10-3-1-2-9(11(10)14)12(17)15-4-5-18-8(6-15)7-16/h1-3,8,16H,4-7,14H2. The summed E-state index contributed by atoms with van der Waals surface area (Å²) >= 11 is 0. The number of carbonyl (C=O) groups excluding carboxylic acids is 1. The number of aliphatic hydroxyl groups excluding tert-OH is 1. The molecule has 0 radical (unpaired) electrons. The molecule has 5 nitrogen and oxygen atoms in total. The monoisotopic (exact) mass is 254 g/mol. The van der Waals surface area contributed by atoms with E-state index in [9.17, 15) is 9.18 Å². The molecule has 18 heavy (non-hydrogen) atoms. The zero-order chi connectivity index (χ0) is 13.1. The number of para-hydroxylation sites is 1. The van der Waals surface area contributed by atoms with Crippen LogP contribution >= 0.6 is 0 Å². The molecule has 1 aliphatic heterocycles. The minimum absolute atomic E-state index is 0.144. The van der Waals surface area contributed by atoms with E-state index in [1.807, 2.05) is 0 Å². The highest BCUT2D eigenvalue weighted by Gasteiger charge is 2.26. The molecule has 1 heterocycles. The summed E-state index contributed by atoms with van der Waals surface area (Å²) in [5.74, 6) is -0.943. The van der Waals surface area contributed by atoms with Crippen LogP contribution in [0.2, 0.25) is 0 Å². The summed E-state index contributed by atoms with van der Waals surface area (Å²) < 4.78 is 18.5. The molecule has 0 spiro atoms. The number of halogens is 1. The fourth-order valence-corrected chi connectivity index (χ4v) is 1.91. The Kier molecular flexibility index (Phi) is 3.78. The number of morpholine rings is 1. The molecule has 6 heteroatoms. The van der Waals surface area contributed by atoms with Gasteiger partial charge in [0.2, 0.25) is 0 Å². The Morgan fingerprint density at radius 1 is 1.61 bits per heavy atom. The van der Waals surface area contributed by atoms with Gasteiger partial charge in [0, 0.05) is 13.1 Å². The van der Waals surface area contributed by atoms with Crippen LogP contribution in [0.4, 0.5) is 10.1 Å². The molecule has 2 rings (SSSR count). The molecule has 1 aliphatic rings. The van der Waals surface area contributed by atoms with E-state index < -0.39 is 11.9 Å². The number of rotatable bonds is 2. The number of hydrogen-bond acceptors (Lipinski definition) is 4. The third-order valence-corrected chi connectivity index (χ3v) is 2.91. The third-order valence-electron chi connectivity index (χ3n) is 2.91. The molecule has 0 aromatic heterocycles. The van der Waals surface area contributed by atoms with Gasteiger partial charge >= 0.3 is 0 Å². The molecular formula is C12H15FN2O3. The highest BCUT2D eigenvalue weighted by atomic mass is 19.1. The van der Waals surface area contributed by atoms with Gasteiger partial charge in [-0.05, 0) is 12.1 Å². The number of ether oxygens (including phenoxy) is 1. The number of anilines is 1. The molecule has 0 saturated carbocycles. The molecule has 1 aromatic rings. The Morgan fingerprint density at radius 3 is 3.11 bits per heavy atom. The highest BCUT2D eigenvalue weighted by Crippen LogP contribution is 2.19. The summed E-state index contributed by atoms with van der Waals surface area (Å²) in [6.07, 6.45) is -0.391. The van der Waals surface area contributed by atoms with Crippen molar-refractivity contribution in [1.82, 2.24) is 4.90 Å². The maximum atomic E-state index is 13.3. The molecule has 98 valence electrons. The van der Waals surface area contributed by atoms with Crippen molar-refractivity contribution in [1.29, 1.82) is 0 Å². The largest absolute Gasteiger partial charge is 0.396 e. The summed E-state index contributed by atoms with van der Waals surface area (Å²) in [6.45, 7) is 0.894. The van der Waals surface area contributed by atoms with E-state index in [4.69, 9.17) is 15.6 Å². The van der Waals surface area contributed by atoms with Gasteiger partial charge < -0.3 is 20.5 Å². The molecule has 1 unspecified atom stereocenters. The molecule has 1 atom stereocenters. The van der Waals surface area contributed by atoms with Crippen molar-refractivity contribution >= 4 is 11.6 Å². The molecule has 0 aliphatic carbocycles. The topological polar surface area (TPSA) is 75.8 Å². The molecule has 3 N–H and O–H groups in total. The summed E-state index contributed by atoms with van der Waals surface area (Å²) in [5, 5.41) is 9.01. The first kappa shape index (κ1) is 12.8. The number of benzene rings is 1. The van der Waals surface area contributed by atoms with Crippen LogP contribution in [0.15, 0.2) is 18.2 Å². The summed E-state index contributed by atoms with van der Waals surface area (Å²) in [4.78, 5) is 13.7. The number of carbonyl (C=O) groups is 1. The van der Waals surface area contributed by atoms with E-state index in [0.29, 0.717) is 13.2 Å². The van der Waals surface area contributed by atoms with Crippen LogP contribution in [-0.4, -0.2) is 48.3 Å². The average Bonchev–Trinajstić information content (AvgIpc) is 2.41. The zero-order valence-electron chi connectivity index (χ0n) is 9.80. The smallest absolute Gasteiger partial charge is 0.256 e. The lowest BCUT2D eigenvalue weighted by Gasteiger charge is -2.32. The first-order valence-corrected chi connectivity index (χ1v) is 5.69. The van der Waals surface area contributed by atoms with E-state index in [2.05, 4.69) is 0 Å². The SMILES string of the molecule is Nc1c(F)cccc1C(=O)N1CCOC(CO)C1. The number of nitrogen functional groups attached to an aromatic ring is 1. The minimum atomic E-state index is -0.604. The van der Waals surface area contributed by atoms with Crippen molar-refractivity contribution in [3.8, 4) is 0 Å². The van der Waals surface area contributed by atoms with E-state index in [1.54, 1.807) is 0 Å². The Balaban J connectivity index is 2.18. The van der Waals surface area contributed by atoms with Crippen LogP contribution in [0.1, 0.15) is 10.4 Å². The molecule has 1 amide bonds. The van der Waals surface area contributed by atoms with E-state index >= 15 is 0 Å². The second kappa shape index (κ2) is 5.32. The lowest BCUT2D eigenvalue weighted by Crippen LogP contribution is -2.47. The van der Waals surface area contributed by atoms with Gasteiger partial charge in [-0.25, -0.2) is 4.39 Å². The van der Waals surface area contributed by atoms with Crippen molar-refractivity contribution in [2.45, 2.75) is 6.10 Å². The zero-order valence-corrected chi connectivity index (χ0v) is 9.80. The van der Waals surface area contributed by atoms with E-state index in [0.717, 1.165) is 0 Å². The van der Waals surface area contributed by atoms with E-state index in [-0.39, 0.29) is 30.3 Å². The second-order valence-corrected chi connectivity index (χ2v) is 4.13. The van der Waals surface area contributed by atoms with Crippen LogP contribution in [0, 0.1) is 5.82 Å². The number of aliphatic hydroxyl groups is 1. The van der Waals surface area contributed by atoms with Gasteiger partial charge in [0.1, 0.15) is 5.82 Å². The maximum Gasteiger partial charge on any atom is 0.256 e. The number of hydrogen-bond donors (Lipinski definition) is 2. The van der Waals surface area contributed by atoms with Gasteiger partial charge in [-0.1, -0.05) is 6.07 Å². The predicted octanol–water partition coefficient (Wildman–Crippen LogP) is 0.241. The fraction of sp³-hybridized carbons (Fsp3) is 0.417. The molecule has 1 fully saturated rings. The normalized spacial score (nSPS) is 19.9. The average molecular weight is 254 g/mol. The van der Waals surface area contributed by atoms with Gasteiger partial charge in [-0.2, -0.15) is 0 Å². The van der Waals surface area contributed by atoms with Gasteiger partial charge in [0.15, 0.2) is 0 Å². The van der Waals surface area contributed by atoms with Crippen molar-refractivity contribution in [2.24, 2.45) is 0 Å². The van der Waals surface area contributed by atoms with E-state index in [1.165, 1.54) is 23.1 Å². The lowest BCUT2D eigenvalue weighted by molar-refractivity contribution is -0.0447.